The van der Waals surface area contributed by atoms with Crippen molar-refractivity contribution in [2.24, 2.45) is 7.05 Å². The van der Waals surface area contributed by atoms with E-state index in [-0.39, 0.29) is 34.2 Å². The number of fused-ring (bicyclic) bond motifs is 2. The maximum atomic E-state index is 13.7. The molecule has 6 rings (SSSR count). The lowest BCUT2D eigenvalue weighted by Gasteiger charge is -2.11. The van der Waals surface area contributed by atoms with Crippen molar-refractivity contribution in [1.29, 1.82) is 0 Å². The van der Waals surface area contributed by atoms with Gasteiger partial charge in [0.05, 0.1) is 10.6 Å². The average molecular weight is 577 g/mol. The van der Waals surface area contributed by atoms with Crippen LogP contribution in [0.4, 0.5) is 4.39 Å². The highest BCUT2D eigenvalue weighted by Crippen LogP contribution is 2.24. The van der Waals surface area contributed by atoms with Crippen molar-refractivity contribution in [3.8, 4) is 11.8 Å². The zero-order chi connectivity index (χ0) is 29.3. The van der Waals surface area contributed by atoms with Crippen LogP contribution >= 0.6 is 0 Å². The molecule has 3 aromatic carbocycles. The number of rotatable bonds is 6. The molecule has 7 nitrogen and oxygen atoms in total. The Hall–Kier alpha value is -5.20. The van der Waals surface area contributed by atoms with Crippen LogP contribution in [0.25, 0.3) is 16.6 Å². The van der Waals surface area contributed by atoms with Crippen molar-refractivity contribution in [3.63, 3.8) is 0 Å². The zero-order valence-electron chi connectivity index (χ0n) is 22.6. The van der Waals surface area contributed by atoms with Gasteiger partial charge in [0.15, 0.2) is 9.84 Å². The first-order chi connectivity index (χ1) is 20.2. The molecule has 208 valence electrons. The molecule has 0 fully saturated rings. The maximum Gasteiger partial charge on any atom is 0.251 e. The molecular formula is C33H25FN4O3S. The predicted octanol–water partition coefficient (Wildman–Crippen LogP) is 5.27. The largest absolute Gasteiger partial charge is 0.351 e. The number of pyridine rings is 1. The van der Waals surface area contributed by atoms with Gasteiger partial charge in [-0.15, -0.1) is 0 Å². The number of nitrogens with one attached hydrogen (secondary N) is 1. The summed E-state index contributed by atoms with van der Waals surface area (Å²) in [4.78, 5) is 17.4. The van der Waals surface area contributed by atoms with E-state index >= 15 is 0 Å². The molecule has 0 aliphatic carbocycles. The fraction of sp³-hybridized carbons (Fsp3) is 0.0909. The molecule has 0 radical (unpaired) electrons. The third-order valence-corrected chi connectivity index (χ3v) is 8.73. The zero-order valence-corrected chi connectivity index (χ0v) is 23.4. The summed E-state index contributed by atoms with van der Waals surface area (Å²) >= 11 is 0. The van der Waals surface area contributed by atoms with Crippen LogP contribution in [0.5, 0.6) is 0 Å². The Balaban J connectivity index is 1.31. The Morgan fingerprint density at radius 1 is 0.905 bits per heavy atom. The van der Waals surface area contributed by atoms with Crippen LogP contribution in [0, 0.1) is 17.7 Å². The smallest absolute Gasteiger partial charge is 0.251 e. The molecule has 9 heteroatoms. The van der Waals surface area contributed by atoms with E-state index in [1.807, 2.05) is 64.9 Å². The molecule has 0 aliphatic rings. The van der Waals surface area contributed by atoms with E-state index in [1.54, 1.807) is 12.3 Å². The van der Waals surface area contributed by atoms with E-state index in [9.17, 15) is 17.6 Å². The SMILES string of the molecule is Cn1ccc2ccc(CS(=O)(=O)c3ccc(C(=O)NCc4ccn5ccnc5c4)cc3C#Cc3ccc(F)cc3)cc21. The van der Waals surface area contributed by atoms with Crippen molar-refractivity contribution in [3.05, 3.63) is 137 Å². The van der Waals surface area contributed by atoms with Crippen molar-refractivity contribution in [2.75, 3.05) is 0 Å². The number of carbonyl (C=O) groups is 1. The van der Waals surface area contributed by atoms with Crippen molar-refractivity contribution >= 4 is 32.3 Å². The lowest BCUT2D eigenvalue weighted by molar-refractivity contribution is 0.0950. The topological polar surface area (TPSA) is 85.5 Å². The van der Waals surface area contributed by atoms with E-state index in [4.69, 9.17) is 0 Å². The highest BCUT2D eigenvalue weighted by atomic mass is 32.2. The first kappa shape index (κ1) is 27.0. The standard InChI is InChI=1S/C33H25FN4O3S/c1-37-15-13-26-6-3-25(18-30(26)37)22-42(40,41)31-11-8-28(20-27(31)7-2-23-4-9-29(34)10-5-23)33(39)36-21-24-12-16-38-17-14-35-32(38)19-24/h3-6,8-20H,21-22H2,1H3,(H,36,39). The molecule has 6 aromatic rings. The molecule has 0 atom stereocenters. The van der Waals surface area contributed by atoms with Gasteiger partial charge in [-0.25, -0.2) is 17.8 Å². The van der Waals surface area contributed by atoms with Crippen molar-refractivity contribution in [2.45, 2.75) is 17.2 Å². The van der Waals surface area contributed by atoms with Gasteiger partial charge in [-0.1, -0.05) is 24.0 Å². The van der Waals surface area contributed by atoms with Gasteiger partial charge >= 0.3 is 0 Å². The Labute approximate surface area is 242 Å². The molecule has 0 bridgehead atoms. The molecule has 0 aliphatic heterocycles. The molecule has 1 amide bonds. The molecule has 42 heavy (non-hydrogen) atoms. The second kappa shape index (κ2) is 11.0. The second-order valence-corrected chi connectivity index (χ2v) is 11.9. The van der Waals surface area contributed by atoms with Crippen LogP contribution in [0.1, 0.15) is 32.6 Å². The molecule has 3 aromatic heterocycles. The van der Waals surface area contributed by atoms with Crippen LogP contribution < -0.4 is 5.32 Å². The molecule has 0 spiro atoms. The van der Waals surface area contributed by atoms with Gasteiger partial charge < -0.3 is 14.3 Å². The van der Waals surface area contributed by atoms with Crippen LogP contribution in [0.2, 0.25) is 0 Å². The predicted molar refractivity (Wildman–Crippen MR) is 159 cm³/mol. The van der Waals surface area contributed by atoms with E-state index in [0.29, 0.717) is 11.1 Å². The highest BCUT2D eigenvalue weighted by molar-refractivity contribution is 7.90. The number of nitrogens with zero attached hydrogens (tertiary/aromatic N) is 3. The molecule has 3 heterocycles. The molecule has 0 saturated heterocycles. The summed E-state index contributed by atoms with van der Waals surface area (Å²) in [6.07, 6.45) is 7.32. The minimum atomic E-state index is -3.85. The second-order valence-electron chi connectivity index (χ2n) is 9.96. The Kier molecular flexibility index (Phi) is 7.07. The van der Waals surface area contributed by atoms with E-state index in [0.717, 1.165) is 22.1 Å². The van der Waals surface area contributed by atoms with Crippen LogP contribution in [-0.2, 0) is 29.2 Å². The molecule has 0 unspecified atom stereocenters. The van der Waals surface area contributed by atoms with Crippen molar-refractivity contribution in [1.82, 2.24) is 19.3 Å². The van der Waals surface area contributed by atoms with Gasteiger partial charge in [0.25, 0.3) is 5.91 Å². The van der Waals surface area contributed by atoms with Crippen molar-refractivity contribution < 1.29 is 17.6 Å². The summed E-state index contributed by atoms with van der Waals surface area (Å²) in [5.74, 6) is 4.81. The number of halogens is 1. The summed E-state index contributed by atoms with van der Waals surface area (Å²) in [5.41, 5.74) is 4.16. The Morgan fingerprint density at radius 3 is 2.57 bits per heavy atom. The number of aryl methyl sites for hydroxylation is 1. The fourth-order valence-corrected chi connectivity index (χ4v) is 6.25. The first-order valence-electron chi connectivity index (χ1n) is 13.1. The summed E-state index contributed by atoms with van der Waals surface area (Å²) < 4.78 is 44.6. The van der Waals surface area contributed by atoms with Crippen LogP contribution in [-0.4, -0.2) is 28.3 Å². The van der Waals surface area contributed by atoms with Crippen LogP contribution in [0.3, 0.4) is 0 Å². The van der Waals surface area contributed by atoms with Gasteiger partial charge in [-0.2, -0.15) is 0 Å². The summed E-state index contributed by atoms with van der Waals surface area (Å²) in [6.45, 7) is 0.264. The number of amides is 1. The minimum absolute atomic E-state index is 0.0189. The third kappa shape index (κ3) is 5.66. The maximum absolute atomic E-state index is 13.7. The number of carbonyl (C=O) groups excluding carboxylic acids is 1. The Morgan fingerprint density at radius 2 is 1.74 bits per heavy atom. The summed E-state index contributed by atoms with van der Waals surface area (Å²) in [5, 5.41) is 3.90. The number of hydrogen-bond donors (Lipinski definition) is 1. The minimum Gasteiger partial charge on any atom is -0.351 e. The van der Waals surface area contributed by atoms with Gasteiger partial charge in [-0.05, 0) is 83.2 Å². The molecule has 1 N–H and O–H groups in total. The van der Waals surface area contributed by atoms with E-state index in [2.05, 4.69) is 22.1 Å². The average Bonchev–Trinajstić information content (AvgIpc) is 3.61. The number of aromatic nitrogens is 3. The van der Waals surface area contributed by atoms with E-state index in [1.165, 1.54) is 42.5 Å². The monoisotopic (exact) mass is 576 g/mol. The summed E-state index contributed by atoms with van der Waals surface area (Å²) in [7, 11) is -1.94. The Bertz CT molecular complexity index is 2140. The third-order valence-electron chi connectivity index (χ3n) is 6.99. The lowest BCUT2D eigenvalue weighted by atomic mass is 10.1. The lowest BCUT2D eigenvalue weighted by Crippen LogP contribution is -2.23. The van der Waals surface area contributed by atoms with Gasteiger partial charge in [0.2, 0.25) is 0 Å². The normalized spacial score (nSPS) is 11.4. The number of hydrogen-bond acceptors (Lipinski definition) is 4. The number of sulfone groups is 1. The number of imidazole rings is 1. The van der Waals surface area contributed by atoms with Gasteiger partial charge in [0.1, 0.15) is 11.5 Å². The van der Waals surface area contributed by atoms with Gasteiger partial charge in [-0.3, -0.25) is 4.79 Å². The van der Waals surface area contributed by atoms with Crippen LogP contribution in [0.15, 0.2) is 109 Å². The fourth-order valence-electron chi connectivity index (χ4n) is 4.75. The van der Waals surface area contributed by atoms with Gasteiger partial charge in [0, 0.05) is 60.6 Å². The highest BCUT2D eigenvalue weighted by Gasteiger charge is 2.21. The number of benzene rings is 3. The molecule has 0 saturated carbocycles. The molecular weight excluding hydrogens is 551 g/mol. The van der Waals surface area contributed by atoms with E-state index < -0.39 is 15.7 Å². The first-order valence-corrected chi connectivity index (χ1v) is 14.8. The quantitative estimate of drug-likeness (QED) is 0.274. The summed E-state index contributed by atoms with van der Waals surface area (Å²) in [6, 6.07) is 21.3.